The van der Waals surface area contributed by atoms with E-state index in [9.17, 15) is 4.79 Å². The normalized spacial score (nSPS) is 18.0. The van der Waals surface area contributed by atoms with Crippen LogP contribution in [0.2, 0.25) is 0 Å². The Hall–Kier alpha value is -2.64. The second kappa shape index (κ2) is 6.21. The van der Waals surface area contributed by atoms with Crippen LogP contribution in [-0.2, 0) is 9.31 Å². The number of hydrogen-bond acceptors (Lipinski definition) is 4. The molecule has 1 fully saturated rings. The number of amides is 1. The number of hydrogen-bond donors (Lipinski definition) is 2. The summed E-state index contributed by atoms with van der Waals surface area (Å²) in [6.45, 7) is 8.04. The zero-order valence-electron chi connectivity index (χ0n) is 15.9. The van der Waals surface area contributed by atoms with Gasteiger partial charge in [0.15, 0.2) is 0 Å². The highest BCUT2D eigenvalue weighted by atomic mass is 16.7. The highest BCUT2D eigenvalue weighted by Crippen LogP contribution is 2.36. The minimum Gasteiger partial charge on any atom is -0.399 e. The van der Waals surface area contributed by atoms with Gasteiger partial charge in [0.05, 0.1) is 22.9 Å². The lowest BCUT2D eigenvalue weighted by Gasteiger charge is -2.32. The second-order valence-corrected chi connectivity index (χ2v) is 7.84. The molecule has 1 amide bonds. The predicted molar refractivity (Wildman–Crippen MR) is 106 cm³/mol. The first-order valence-corrected chi connectivity index (χ1v) is 8.95. The monoisotopic (exact) mass is 363 g/mol. The maximum absolute atomic E-state index is 12.7. The van der Waals surface area contributed by atoms with Gasteiger partial charge in [0.25, 0.3) is 5.91 Å². The molecule has 0 radical (unpaired) electrons. The van der Waals surface area contributed by atoms with Crippen LogP contribution >= 0.6 is 0 Å². The van der Waals surface area contributed by atoms with Gasteiger partial charge in [-0.1, -0.05) is 12.1 Å². The van der Waals surface area contributed by atoms with E-state index < -0.39 is 18.3 Å². The number of carbonyl (C=O) groups excluding carboxylic acids is 1. The highest BCUT2D eigenvalue weighted by molar-refractivity contribution is 6.62. The van der Waals surface area contributed by atoms with Gasteiger partial charge in [-0.15, -0.1) is 0 Å². The molecule has 2 N–H and O–H groups in total. The fourth-order valence-corrected chi connectivity index (χ4v) is 3.03. The molecule has 0 atom stereocenters. The third-order valence-corrected chi connectivity index (χ3v) is 5.37. The van der Waals surface area contributed by atoms with E-state index in [1.165, 1.54) is 0 Å². The van der Waals surface area contributed by atoms with Crippen LogP contribution < -0.4 is 10.8 Å². The lowest BCUT2D eigenvalue weighted by atomic mass is 9.78. The van der Waals surface area contributed by atoms with Gasteiger partial charge in [0.1, 0.15) is 0 Å². The first kappa shape index (κ1) is 17.8. The lowest BCUT2D eigenvalue weighted by Crippen LogP contribution is -2.41. The Morgan fingerprint density at radius 3 is 2.56 bits per heavy atom. The Kier molecular flexibility index (Phi) is 4.09. The second-order valence-electron chi connectivity index (χ2n) is 7.84. The van der Waals surface area contributed by atoms with Gasteiger partial charge in [-0.2, -0.15) is 5.10 Å². The molecule has 0 aliphatic carbocycles. The van der Waals surface area contributed by atoms with Crippen molar-refractivity contribution in [1.82, 2.24) is 10.2 Å². The fraction of sp³-hybridized carbons (Fsp3) is 0.300. The van der Waals surface area contributed by atoms with Crippen LogP contribution in [0.5, 0.6) is 0 Å². The van der Waals surface area contributed by atoms with Gasteiger partial charge >= 0.3 is 7.12 Å². The molecule has 2 heterocycles. The molecule has 1 aliphatic heterocycles. The molecular weight excluding hydrogens is 341 g/mol. The summed E-state index contributed by atoms with van der Waals surface area (Å²) in [5, 5.41) is 10.8. The number of anilines is 1. The largest absolute Gasteiger partial charge is 0.494 e. The molecule has 7 heteroatoms. The van der Waals surface area contributed by atoms with E-state index in [2.05, 4.69) is 15.5 Å². The molecule has 0 unspecified atom stereocenters. The third-order valence-electron chi connectivity index (χ3n) is 5.37. The van der Waals surface area contributed by atoms with Crippen LogP contribution in [0.4, 0.5) is 5.69 Å². The van der Waals surface area contributed by atoms with Crippen LogP contribution in [0.3, 0.4) is 0 Å². The van der Waals surface area contributed by atoms with E-state index in [0.29, 0.717) is 5.56 Å². The van der Waals surface area contributed by atoms with Gasteiger partial charge in [-0.05, 0) is 63.5 Å². The van der Waals surface area contributed by atoms with Gasteiger partial charge < -0.3 is 14.6 Å². The van der Waals surface area contributed by atoms with Crippen molar-refractivity contribution < 1.29 is 14.1 Å². The number of benzene rings is 2. The van der Waals surface area contributed by atoms with Crippen LogP contribution in [0.25, 0.3) is 10.9 Å². The smallest absolute Gasteiger partial charge is 0.399 e. The number of rotatable bonds is 3. The van der Waals surface area contributed by atoms with Crippen molar-refractivity contribution in [1.29, 1.82) is 0 Å². The summed E-state index contributed by atoms with van der Waals surface area (Å²) in [5.74, 6) is -0.184. The Labute approximate surface area is 158 Å². The maximum Gasteiger partial charge on any atom is 0.494 e. The van der Waals surface area contributed by atoms with E-state index in [1.54, 1.807) is 12.3 Å². The number of nitrogens with one attached hydrogen (secondary N) is 2. The first-order valence-electron chi connectivity index (χ1n) is 8.95. The van der Waals surface area contributed by atoms with E-state index in [-0.39, 0.29) is 5.91 Å². The van der Waals surface area contributed by atoms with E-state index in [1.807, 2.05) is 64.1 Å². The summed E-state index contributed by atoms with van der Waals surface area (Å²) in [6.07, 6.45) is 1.73. The zero-order valence-corrected chi connectivity index (χ0v) is 15.9. The van der Waals surface area contributed by atoms with E-state index in [4.69, 9.17) is 9.31 Å². The average molecular weight is 363 g/mol. The lowest BCUT2D eigenvalue weighted by molar-refractivity contribution is 0.00578. The topological polar surface area (TPSA) is 76.2 Å². The molecule has 0 bridgehead atoms. The number of carbonyl (C=O) groups is 1. The summed E-state index contributed by atoms with van der Waals surface area (Å²) in [4.78, 5) is 12.7. The van der Waals surface area contributed by atoms with Gasteiger partial charge in [0, 0.05) is 16.6 Å². The number of aromatic nitrogens is 2. The molecule has 2 aromatic carbocycles. The van der Waals surface area contributed by atoms with Gasteiger partial charge in [-0.25, -0.2) is 0 Å². The molecular formula is C20H22BN3O3. The Bertz CT molecular complexity index is 996. The number of nitrogens with zero attached hydrogens (tertiary/aromatic N) is 1. The van der Waals surface area contributed by atoms with Crippen LogP contribution in [0.15, 0.2) is 48.7 Å². The van der Waals surface area contributed by atoms with Crippen molar-refractivity contribution in [3.63, 3.8) is 0 Å². The summed E-state index contributed by atoms with van der Waals surface area (Å²) < 4.78 is 12.2. The molecule has 1 aliphatic rings. The van der Waals surface area contributed by atoms with Crippen molar-refractivity contribution >= 4 is 35.1 Å². The molecule has 1 aromatic heterocycles. The van der Waals surface area contributed by atoms with Crippen molar-refractivity contribution in [3.05, 3.63) is 54.2 Å². The minimum absolute atomic E-state index is 0.184. The Balaban J connectivity index is 1.54. The molecule has 138 valence electrons. The van der Waals surface area contributed by atoms with Gasteiger partial charge in [-0.3, -0.25) is 9.89 Å². The van der Waals surface area contributed by atoms with Crippen LogP contribution in [-0.4, -0.2) is 34.4 Å². The molecule has 27 heavy (non-hydrogen) atoms. The molecule has 4 rings (SSSR count). The molecule has 0 saturated carbocycles. The Morgan fingerprint density at radius 1 is 1.07 bits per heavy atom. The molecule has 0 spiro atoms. The van der Waals surface area contributed by atoms with Crippen molar-refractivity contribution in [2.75, 3.05) is 5.32 Å². The SMILES string of the molecule is CC1(C)OB(c2cccc(C(=O)Nc3ccc4[nH]ncc4c3)c2)OC1(C)C. The number of H-pyrrole nitrogens is 1. The summed E-state index contributed by atoms with van der Waals surface area (Å²) in [5.41, 5.74) is 2.18. The average Bonchev–Trinajstić information content (AvgIpc) is 3.16. The quantitative estimate of drug-likeness (QED) is 0.701. The van der Waals surface area contributed by atoms with Crippen LogP contribution in [0.1, 0.15) is 38.1 Å². The molecule has 1 saturated heterocycles. The van der Waals surface area contributed by atoms with Crippen LogP contribution in [0, 0.1) is 0 Å². The number of fused-ring (bicyclic) bond motifs is 1. The molecule has 6 nitrogen and oxygen atoms in total. The predicted octanol–water partition coefficient (Wildman–Crippen LogP) is 3.11. The standard InChI is InChI=1S/C20H22BN3O3/c1-19(2)20(3,4)27-21(26-19)15-7-5-6-13(10-15)18(25)23-16-8-9-17-14(11-16)12-22-24-17/h5-12H,1-4H3,(H,22,24)(H,23,25). The summed E-state index contributed by atoms with van der Waals surface area (Å²) >= 11 is 0. The van der Waals surface area contributed by atoms with E-state index >= 15 is 0 Å². The Morgan fingerprint density at radius 2 is 1.81 bits per heavy atom. The third kappa shape index (κ3) is 3.24. The van der Waals surface area contributed by atoms with Crippen molar-refractivity contribution in [2.45, 2.75) is 38.9 Å². The summed E-state index contributed by atoms with van der Waals surface area (Å²) in [6, 6.07) is 13.0. The first-order chi connectivity index (χ1) is 12.7. The van der Waals surface area contributed by atoms with Crippen molar-refractivity contribution in [2.24, 2.45) is 0 Å². The maximum atomic E-state index is 12.7. The number of aromatic amines is 1. The van der Waals surface area contributed by atoms with Gasteiger partial charge in [0.2, 0.25) is 0 Å². The fourth-order valence-electron chi connectivity index (χ4n) is 3.03. The minimum atomic E-state index is -0.495. The van der Waals surface area contributed by atoms with E-state index in [0.717, 1.165) is 22.1 Å². The zero-order chi connectivity index (χ0) is 19.2. The van der Waals surface area contributed by atoms with Crippen molar-refractivity contribution in [3.8, 4) is 0 Å². The molecule has 3 aromatic rings. The summed E-state index contributed by atoms with van der Waals surface area (Å²) in [7, 11) is -0.495. The highest BCUT2D eigenvalue weighted by Gasteiger charge is 2.51.